The first-order valence-electron chi connectivity index (χ1n) is 12.4. The Labute approximate surface area is 207 Å². The molecule has 1 spiro atoms. The van der Waals surface area contributed by atoms with Crippen LogP contribution in [0.2, 0.25) is 0 Å². The van der Waals surface area contributed by atoms with E-state index in [2.05, 4.69) is 44.9 Å². The Morgan fingerprint density at radius 1 is 1.17 bits per heavy atom. The maximum Gasteiger partial charge on any atom is 0.252 e. The number of carbonyl (C=O) groups is 1. The lowest BCUT2D eigenvalue weighted by Gasteiger charge is -2.49. The van der Waals surface area contributed by atoms with Gasteiger partial charge in [-0.05, 0) is 67.5 Å². The van der Waals surface area contributed by atoms with Crippen LogP contribution in [0.15, 0.2) is 48.8 Å². The molecule has 7 heteroatoms. The zero-order chi connectivity index (χ0) is 24.6. The van der Waals surface area contributed by atoms with Crippen molar-refractivity contribution in [1.82, 2.24) is 20.4 Å². The quantitative estimate of drug-likeness (QED) is 0.564. The third-order valence-corrected chi connectivity index (χ3v) is 7.74. The minimum absolute atomic E-state index is 0.0488. The molecule has 1 atom stereocenters. The molecule has 3 aromatic rings. The van der Waals surface area contributed by atoms with Crippen LogP contribution in [-0.4, -0.2) is 49.0 Å². The van der Waals surface area contributed by atoms with Crippen LogP contribution in [0, 0.1) is 12.3 Å². The monoisotopic (exact) mass is 473 g/mol. The number of methoxy groups -OCH3 is 1. The van der Waals surface area contributed by atoms with E-state index in [1.807, 2.05) is 45.4 Å². The van der Waals surface area contributed by atoms with Gasteiger partial charge >= 0.3 is 0 Å². The Hall–Kier alpha value is -3.32. The number of hydrogen-bond donors (Lipinski definition) is 2. The van der Waals surface area contributed by atoms with Crippen LogP contribution in [0.3, 0.4) is 0 Å². The molecule has 0 saturated carbocycles. The van der Waals surface area contributed by atoms with Gasteiger partial charge in [-0.15, -0.1) is 0 Å². The minimum Gasteiger partial charge on any atom is -0.496 e. The first-order chi connectivity index (χ1) is 16.9. The average molecular weight is 474 g/mol. The summed E-state index contributed by atoms with van der Waals surface area (Å²) in [4.78, 5) is 15.8. The fourth-order valence-corrected chi connectivity index (χ4v) is 5.26. The van der Waals surface area contributed by atoms with Gasteiger partial charge in [0.15, 0.2) is 0 Å². The minimum atomic E-state index is -0.159. The predicted octanol–water partition coefficient (Wildman–Crippen LogP) is 4.08. The highest BCUT2D eigenvalue weighted by Crippen LogP contribution is 2.37. The van der Waals surface area contributed by atoms with E-state index >= 15 is 0 Å². The average Bonchev–Trinajstić information content (AvgIpc) is 3.29. The molecule has 0 bridgehead atoms. The summed E-state index contributed by atoms with van der Waals surface area (Å²) < 4.78 is 7.34. The molecule has 0 unspecified atom stereocenters. The predicted molar refractivity (Wildman–Crippen MR) is 139 cm³/mol. The van der Waals surface area contributed by atoms with Gasteiger partial charge in [-0.3, -0.25) is 9.48 Å². The lowest BCUT2D eigenvalue weighted by molar-refractivity contribution is 0.0939. The summed E-state index contributed by atoms with van der Waals surface area (Å²) >= 11 is 0. The van der Waals surface area contributed by atoms with Crippen LogP contribution in [0.5, 0.6) is 5.75 Å². The van der Waals surface area contributed by atoms with Gasteiger partial charge in [0.25, 0.3) is 5.91 Å². The number of ether oxygens (including phenoxy) is 1. The molecule has 2 fully saturated rings. The van der Waals surface area contributed by atoms with Crippen molar-refractivity contribution < 1.29 is 9.53 Å². The van der Waals surface area contributed by atoms with Gasteiger partial charge in [0, 0.05) is 61.8 Å². The van der Waals surface area contributed by atoms with Gasteiger partial charge in [-0.1, -0.05) is 12.1 Å². The van der Waals surface area contributed by atoms with Gasteiger partial charge in [0.1, 0.15) is 5.75 Å². The number of nitrogens with zero attached hydrogens (tertiary/aromatic N) is 3. The second kappa shape index (κ2) is 9.38. The first kappa shape index (κ1) is 23.4. The highest BCUT2D eigenvalue weighted by atomic mass is 16.5. The molecule has 2 N–H and O–H groups in total. The van der Waals surface area contributed by atoms with Crippen molar-refractivity contribution >= 4 is 11.6 Å². The molecular weight excluding hydrogens is 438 g/mol. The zero-order valence-corrected chi connectivity index (χ0v) is 21.1. The molecular formula is C28H35N5O2. The Morgan fingerprint density at radius 3 is 2.57 bits per heavy atom. The summed E-state index contributed by atoms with van der Waals surface area (Å²) in [6.07, 6.45) is 6.21. The van der Waals surface area contributed by atoms with Gasteiger partial charge in [0.05, 0.1) is 19.3 Å². The number of anilines is 1. The molecule has 35 heavy (non-hydrogen) atoms. The lowest BCUT2D eigenvalue weighted by atomic mass is 9.73. The number of carbonyl (C=O) groups excluding carboxylic acids is 1. The lowest BCUT2D eigenvalue weighted by Crippen LogP contribution is -2.58. The Kier molecular flexibility index (Phi) is 6.28. The summed E-state index contributed by atoms with van der Waals surface area (Å²) in [5.74, 6) is 0.733. The first-order valence-corrected chi connectivity index (χ1v) is 12.4. The van der Waals surface area contributed by atoms with Crippen molar-refractivity contribution in [3.05, 3.63) is 65.5 Å². The molecule has 3 heterocycles. The second-order valence-electron chi connectivity index (χ2n) is 10.1. The van der Waals surface area contributed by atoms with Crippen molar-refractivity contribution in [2.75, 3.05) is 38.2 Å². The molecule has 2 aliphatic heterocycles. The zero-order valence-electron chi connectivity index (χ0n) is 21.1. The van der Waals surface area contributed by atoms with Crippen LogP contribution in [-0.2, 0) is 7.05 Å². The number of piperidine rings is 1. The number of benzene rings is 2. The third kappa shape index (κ3) is 4.65. The van der Waals surface area contributed by atoms with Crippen molar-refractivity contribution in [1.29, 1.82) is 0 Å². The Balaban J connectivity index is 1.32. The summed E-state index contributed by atoms with van der Waals surface area (Å²) in [6.45, 7) is 8.41. The van der Waals surface area contributed by atoms with Crippen molar-refractivity contribution in [2.45, 2.75) is 32.7 Å². The van der Waals surface area contributed by atoms with Crippen LogP contribution in [0.25, 0.3) is 11.1 Å². The van der Waals surface area contributed by atoms with E-state index in [9.17, 15) is 4.79 Å². The SMILES string of the molecule is COc1ccc([C@@H](C)NC(=O)c2cc(N3CCC4(CC3)CNC4)ccc2C)cc1-c1cnn(C)c1. The summed E-state index contributed by atoms with van der Waals surface area (Å²) in [5.41, 5.74) is 6.32. The molecule has 0 aliphatic carbocycles. The molecule has 184 valence electrons. The number of aromatic nitrogens is 2. The normalized spacial score (nSPS) is 17.7. The van der Waals surface area contributed by atoms with Gasteiger partial charge < -0.3 is 20.3 Å². The molecule has 2 aliphatic rings. The molecule has 0 radical (unpaired) electrons. The van der Waals surface area contributed by atoms with Crippen molar-refractivity contribution in [3.8, 4) is 16.9 Å². The van der Waals surface area contributed by atoms with E-state index < -0.39 is 0 Å². The van der Waals surface area contributed by atoms with Crippen LogP contribution >= 0.6 is 0 Å². The maximum absolute atomic E-state index is 13.3. The summed E-state index contributed by atoms with van der Waals surface area (Å²) in [7, 11) is 3.56. The fourth-order valence-electron chi connectivity index (χ4n) is 5.26. The van der Waals surface area contributed by atoms with Crippen molar-refractivity contribution in [2.24, 2.45) is 12.5 Å². The van der Waals surface area contributed by atoms with E-state index in [0.717, 1.165) is 65.4 Å². The highest BCUT2D eigenvalue weighted by molar-refractivity contribution is 5.97. The third-order valence-electron chi connectivity index (χ3n) is 7.74. The smallest absolute Gasteiger partial charge is 0.252 e. The van der Waals surface area contributed by atoms with Crippen LogP contribution in [0.4, 0.5) is 5.69 Å². The number of hydrogen-bond acceptors (Lipinski definition) is 5. The van der Waals surface area contributed by atoms with E-state index in [-0.39, 0.29) is 11.9 Å². The maximum atomic E-state index is 13.3. The molecule has 1 aromatic heterocycles. The highest BCUT2D eigenvalue weighted by Gasteiger charge is 2.39. The van der Waals surface area contributed by atoms with E-state index in [4.69, 9.17) is 4.74 Å². The number of nitrogens with one attached hydrogen (secondary N) is 2. The molecule has 5 rings (SSSR count). The largest absolute Gasteiger partial charge is 0.496 e. The number of amides is 1. The summed E-state index contributed by atoms with van der Waals surface area (Å²) in [6, 6.07) is 12.1. The van der Waals surface area contributed by atoms with Gasteiger partial charge in [-0.2, -0.15) is 5.10 Å². The van der Waals surface area contributed by atoms with Crippen LogP contribution in [0.1, 0.15) is 47.3 Å². The van der Waals surface area contributed by atoms with E-state index in [1.54, 1.807) is 11.8 Å². The Morgan fingerprint density at radius 2 is 1.94 bits per heavy atom. The molecule has 1 amide bonds. The standard InChI is InChI=1S/C28H35N5O2/c1-19-5-7-23(33-11-9-28(10-12-33)17-29-18-28)14-24(19)27(34)31-20(2)21-6-8-26(35-4)25(13-21)22-15-30-32(3)16-22/h5-8,13-16,20,29H,9-12,17-18H2,1-4H3,(H,31,34)/t20-/m1/s1. The Bertz CT molecular complexity index is 1220. The van der Waals surface area contributed by atoms with E-state index in [1.165, 1.54) is 12.8 Å². The number of rotatable bonds is 6. The topological polar surface area (TPSA) is 71.4 Å². The second-order valence-corrected chi connectivity index (χ2v) is 10.1. The number of aryl methyl sites for hydroxylation is 2. The van der Waals surface area contributed by atoms with Crippen LogP contribution < -0.4 is 20.3 Å². The molecule has 7 nitrogen and oxygen atoms in total. The summed E-state index contributed by atoms with van der Waals surface area (Å²) in [5, 5.41) is 10.9. The molecule has 2 saturated heterocycles. The fraction of sp³-hybridized carbons (Fsp3) is 0.429. The van der Waals surface area contributed by atoms with Gasteiger partial charge in [0.2, 0.25) is 0 Å². The van der Waals surface area contributed by atoms with Crippen molar-refractivity contribution in [3.63, 3.8) is 0 Å². The van der Waals surface area contributed by atoms with Gasteiger partial charge in [-0.25, -0.2) is 0 Å². The van der Waals surface area contributed by atoms with E-state index in [0.29, 0.717) is 5.41 Å². The molecule has 2 aromatic carbocycles.